The van der Waals surface area contributed by atoms with Crippen molar-refractivity contribution in [1.29, 1.82) is 0 Å². The van der Waals surface area contributed by atoms with Crippen molar-refractivity contribution < 1.29 is 9.21 Å². The first-order chi connectivity index (χ1) is 6.77. The lowest BCUT2D eigenvalue weighted by Gasteiger charge is -2.05. The third kappa shape index (κ3) is 2.01. The van der Waals surface area contributed by atoms with Crippen molar-refractivity contribution in [1.82, 2.24) is 0 Å². The molecule has 0 saturated heterocycles. The van der Waals surface area contributed by atoms with Gasteiger partial charge in [0.1, 0.15) is 0 Å². The quantitative estimate of drug-likeness (QED) is 0.716. The van der Waals surface area contributed by atoms with Gasteiger partial charge in [0.25, 0.3) is 0 Å². The molecule has 0 amide bonds. The Morgan fingerprint density at radius 1 is 1.50 bits per heavy atom. The molecule has 0 radical (unpaired) electrons. The molecule has 2 rings (SSSR count). The summed E-state index contributed by atoms with van der Waals surface area (Å²) in [4.78, 5) is 11.7. The summed E-state index contributed by atoms with van der Waals surface area (Å²) in [7, 11) is 0. The van der Waals surface area contributed by atoms with Crippen molar-refractivity contribution in [3.05, 3.63) is 23.1 Å². The average Bonchev–Trinajstić information content (AvgIpc) is 2.75. The molecule has 0 unspecified atom stereocenters. The van der Waals surface area contributed by atoms with E-state index in [9.17, 15) is 4.79 Å². The van der Waals surface area contributed by atoms with Crippen molar-refractivity contribution in [2.45, 2.75) is 32.1 Å². The fraction of sp³-hybridized carbons (Fsp3) is 0.545. The average molecular weight is 213 g/mol. The normalized spacial score (nSPS) is 17.5. The lowest BCUT2D eigenvalue weighted by atomic mass is 9.98. The summed E-state index contributed by atoms with van der Waals surface area (Å²) in [6, 6.07) is 1.65. The fourth-order valence-corrected chi connectivity index (χ4v) is 2.30. The first-order valence-electron chi connectivity index (χ1n) is 5.03. The van der Waals surface area contributed by atoms with Crippen LogP contribution in [-0.4, -0.2) is 5.78 Å². The van der Waals surface area contributed by atoms with E-state index in [1.807, 2.05) is 0 Å². The van der Waals surface area contributed by atoms with Crippen molar-refractivity contribution in [3.8, 4) is 0 Å². The Bertz CT molecular complexity index is 324. The van der Waals surface area contributed by atoms with Gasteiger partial charge in [0, 0.05) is 6.42 Å². The maximum atomic E-state index is 11.7. The summed E-state index contributed by atoms with van der Waals surface area (Å²) < 4.78 is 4.89. The first-order valence-corrected chi connectivity index (χ1v) is 5.41. The Kier molecular flexibility index (Phi) is 2.92. The van der Waals surface area contributed by atoms with E-state index in [4.69, 9.17) is 16.0 Å². The molecule has 0 spiro atoms. The Balaban J connectivity index is 1.98. The van der Waals surface area contributed by atoms with Crippen LogP contribution in [0.5, 0.6) is 0 Å². The van der Waals surface area contributed by atoms with E-state index in [2.05, 4.69) is 0 Å². The Morgan fingerprint density at radius 2 is 2.21 bits per heavy atom. The largest absolute Gasteiger partial charge is 0.452 e. The van der Waals surface area contributed by atoms with Crippen LogP contribution in [0.2, 0.25) is 5.22 Å². The highest BCUT2D eigenvalue weighted by Crippen LogP contribution is 2.30. The van der Waals surface area contributed by atoms with Gasteiger partial charge >= 0.3 is 0 Å². The van der Waals surface area contributed by atoms with E-state index in [-0.39, 0.29) is 11.0 Å². The Hall–Kier alpha value is -0.760. The third-order valence-electron chi connectivity index (χ3n) is 2.87. The van der Waals surface area contributed by atoms with Crippen LogP contribution in [0.3, 0.4) is 0 Å². The molecule has 1 saturated carbocycles. The predicted molar refractivity (Wildman–Crippen MR) is 54.6 cm³/mol. The summed E-state index contributed by atoms with van der Waals surface area (Å²) in [5, 5.41) is 0.230. The molecule has 76 valence electrons. The van der Waals surface area contributed by atoms with Gasteiger partial charge in [0.2, 0.25) is 5.22 Å². The topological polar surface area (TPSA) is 30.2 Å². The number of Topliss-reactive ketones (excluding diaryl/α,β-unsaturated/α-hetero) is 1. The van der Waals surface area contributed by atoms with Crippen LogP contribution in [0.4, 0.5) is 0 Å². The van der Waals surface area contributed by atoms with Crippen LogP contribution in [0.1, 0.15) is 42.5 Å². The minimum absolute atomic E-state index is 0.121. The second-order valence-electron chi connectivity index (χ2n) is 3.89. The monoisotopic (exact) mass is 212 g/mol. The predicted octanol–water partition coefficient (Wildman–Crippen LogP) is 3.70. The summed E-state index contributed by atoms with van der Waals surface area (Å²) in [6.45, 7) is 0. The van der Waals surface area contributed by atoms with Crippen LogP contribution in [0.25, 0.3) is 0 Å². The molecule has 0 aromatic carbocycles. The second-order valence-corrected chi connectivity index (χ2v) is 4.23. The van der Waals surface area contributed by atoms with E-state index in [1.165, 1.54) is 31.9 Å². The summed E-state index contributed by atoms with van der Waals surface area (Å²) in [6.07, 6.45) is 6.97. The van der Waals surface area contributed by atoms with Crippen LogP contribution in [0.15, 0.2) is 16.7 Å². The molecule has 1 aliphatic carbocycles. The zero-order chi connectivity index (χ0) is 9.97. The van der Waals surface area contributed by atoms with Gasteiger partial charge in [-0.1, -0.05) is 25.7 Å². The van der Waals surface area contributed by atoms with Crippen LogP contribution >= 0.6 is 11.6 Å². The molecule has 3 heteroatoms. The molecular weight excluding hydrogens is 200 g/mol. The molecule has 0 aliphatic heterocycles. The van der Waals surface area contributed by atoms with E-state index >= 15 is 0 Å². The lowest BCUT2D eigenvalue weighted by molar-refractivity contribution is 0.0961. The van der Waals surface area contributed by atoms with Gasteiger partial charge < -0.3 is 4.42 Å². The second kappa shape index (κ2) is 4.18. The van der Waals surface area contributed by atoms with E-state index in [0.717, 1.165) is 0 Å². The van der Waals surface area contributed by atoms with Gasteiger partial charge in [-0.3, -0.25) is 4.79 Å². The molecule has 1 aromatic rings. The minimum Gasteiger partial charge on any atom is -0.452 e. The number of hydrogen-bond acceptors (Lipinski definition) is 2. The van der Waals surface area contributed by atoms with E-state index in [1.54, 1.807) is 6.07 Å². The number of rotatable bonds is 3. The smallest absolute Gasteiger partial charge is 0.203 e. The molecule has 14 heavy (non-hydrogen) atoms. The molecule has 1 fully saturated rings. The third-order valence-corrected chi connectivity index (χ3v) is 3.16. The van der Waals surface area contributed by atoms with Gasteiger partial charge in [-0.25, -0.2) is 0 Å². The number of carbonyl (C=O) groups is 1. The molecule has 0 atom stereocenters. The van der Waals surface area contributed by atoms with Gasteiger partial charge in [0.05, 0.1) is 11.8 Å². The number of carbonyl (C=O) groups excluding carboxylic acids is 1. The van der Waals surface area contributed by atoms with Crippen LogP contribution < -0.4 is 0 Å². The standard InChI is InChI=1S/C11H13ClO2/c12-11-9(5-6-14-11)10(13)7-8-3-1-2-4-8/h5-6,8H,1-4,7H2. The van der Waals surface area contributed by atoms with E-state index in [0.29, 0.717) is 17.9 Å². The summed E-state index contributed by atoms with van der Waals surface area (Å²) in [5.41, 5.74) is 0.540. The highest BCUT2D eigenvalue weighted by Gasteiger charge is 2.21. The lowest BCUT2D eigenvalue weighted by Crippen LogP contribution is -2.05. The zero-order valence-electron chi connectivity index (χ0n) is 7.96. The molecule has 0 N–H and O–H groups in total. The van der Waals surface area contributed by atoms with Crippen molar-refractivity contribution >= 4 is 17.4 Å². The maximum Gasteiger partial charge on any atom is 0.203 e. The Morgan fingerprint density at radius 3 is 2.79 bits per heavy atom. The molecule has 1 aliphatic rings. The number of furan rings is 1. The zero-order valence-corrected chi connectivity index (χ0v) is 8.72. The number of hydrogen-bond donors (Lipinski definition) is 0. The first kappa shape index (κ1) is 9.78. The maximum absolute atomic E-state index is 11.7. The molecular formula is C11H13ClO2. The molecule has 1 heterocycles. The van der Waals surface area contributed by atoms with E-state index < -0.39 is 0 Å². The fourth-order valence-electron chi connectivity index (χ4n) is 2.08. The minimum atomic E-state index is 0.121. The van der Waals surface area contributed by atoms with Crippen LogP contribution in [-0.2, 0) is 0 Å². The molecule has 1 aromatic heterocycles. The van der Waals surface area contributed by atoms with Crippen LogP contribution in [0, 0.1) is 5.92 Å². The van der Waals surface area contributed by atoms with Gasteiger partial charge in [-0.05, 0) is 23.6 Å². The Labute approximate surface area is 88.2 Å². The number of ketones is 1. The summed E-state index contributed by atoms with van der Waals surface area (Å²) >= 11 is 5.73. The molecule has 0 bridgehead atoms. The van der Waals surface area contributed by atoms with Gasteiger partial charge in [-0.15, -0.1) is 0 Å². The molecule has 2 nitrogen and oxygen atoms in total. The SMILES string of the molecule is O=C(CC1CCCC1)c1ccoc1Cl. The highest BCUT2D eigenvalue weighted by atomic mass is 35.5. The van der Waals surface area contributed by atoms with Gasteiger partial charge in [0.15, 0.2) is 5.78 Å². The number of halogens is 1. The summed E-state index contributed by atoms with van der Waals surface area (Å²) in [5.74, 6) is 0.684. The van der Waals surface area contributed by atoms with Gasteiger partial charge in [-0.2, -0.15) is 0 Å². The van der Waals surface area contributed by atoms with Crippen molar-refractivity contribution in [2.24, 2.45) is 5.92 Å². The van der Waals surface area contributed by atoms with Crippen molar-refractivity contribution in [3.63, 3.8) is 0 Å². The van der Waals surface area contributed by atoms with Crippen molar-refractivity contribution in [2.75, 3.05) is 0 Å². The highest BCUT2D eigenvalue weighted by molar-refractivity contribution is 6.32.